The van der Waals surface area contributed by atoms with E-state index < -0.39 is 17.2 Å². The molecule has 5 heteroatoms. The van der Waals surface area contributed by atoms with Gasteiger partial charge in [-0.2, -0.15) is 0 Å². The number of alkyl carbamates (subject to hydrolysis) is 1. The number of fused-ring (bicyclic) bond motifs is 1. The fraction of sp³-hybridized carbons (Fsp3) is 0.455. The Kier molecular flexibility index (Phi) is 6.14. The van der Waals surface area contributed by atoms with Gasteiger partial charge >= 0.3 is 6.09 Å². The van der Waals surface area contributed by atoms with Crippen molar-refractivity contribution in [1.29, 1.82) is 0 Å². The number of nitrogens with one attached hydrogen (secondary N) is 2. The van der Waals surface area contributed by atoms with Crippen molar-refractivity contribution >= 4 is 22.8 Å². The van der Waals surface area contributed by atoms with Crippen LogP contribution in [0.4, 0.5) is 4.79 Å². The van der Waals surface area contributed by atoms with E-state index in [-0.39, 0.29) is 18.4 Å². The third kappa shape index (κ3) is 5.46. The summed E-state index contributed by atoms with van der Waals surface area (Å²) in [5.74, 6) is -0.0552. The summed E-state index contributed by atoms with van der Waals surface area (Å²) in [7, 11) is 0. The summed E-state index contributed by atoms with van der Waals surface area (Å²) in [6, 6.07) is 13.5. The zero-order valence-electron chi connectivity index (χ0n) is 17.1. The Bertz CT molecular complexity index is 818. The van der Waals surface area contributed by atoms with Gasteiger partial charge in [-0.1, -0.05) is 50.2 Å². The number of carbonyl (C=O) groups is 2. The molecule has 0 saturated carbocycles. The van der Waals surface area contributed by atoms with E-state index in [1.807, 2.05) is 84.0 Å². The first-order valence-corrected chi connectivity index (χ1v) is 9.29. The summed E-state index contributed by atoms with van der Waals surface area (Å²) in [4.78, 5) is 25.0. The fourth-order valence-electron chi connectivity index (χ4n) is 2.71. The molecule has 5 nitrogen and oxygen atoms in total. The predicted molar refractivity (Wildman–Crippen MR) is 109 cm³/mol. The molecule has 0 aromatic heterocycles. The number of hydrogen-bond acceptors (Lipinski definition) is 3. The SMILES string of the molecule is CC(C)C(C)(CNC(=O)OC(C)(C)C)NC(=O)c1cccc2ccccc12. The van der Waals surface area contributed by atoms with E-state index in [1.165, 1.54) is 0 Å². The van der Waals surface area contributed by atoms with Gasteiger partial charge in [-0.25, -0.2) is 4.79 Å². The van der Waals surface area contributed by atoms with Crippen LogP contribution in [0.1, 0.15) is 51.9 Å². The Morgan fingerprint density at radius 2 is 1.63 bits per heavy atom. The van der Waals surface area contributed by atoms with Crippen molar-refractivity contribution in [2.75, 3.05) is 6.54 Å². The first-order chi connectivity index (χ1) is 12.5. The Balaban J connectivity index is 2.16. The molecule has 27 heavy (non-hydrogen) atoms. The van der Waals surface area contributed by atoms with Crippen molar-refractivity contribution in [3.05, 3.63) is 48.0 Å². The van der Waals surface area contributed by atoms with Gasteiger partial charge in [0, 0.05) is 12.1 Å². The predicted octanol–water partition coefficient (Wildman–Crippen LogP) is 4.51. The van der Waals surface area contributed by atoms with Crippen LogP contribution in [0.15, 0.2) is 42.5 Å². The molecule has 0 aliphatic carbocycles. The summed E-state index contributed by atoms with van der Waals surface area (Å²) in [5, 5.41) is 7.81. The van der Waals surface area contributed by atoms with Crippen molar-refractivity contribution in [1.82, 2.24) is 10.6 Å². The second kappa shape index (κ2) is 7.99. The van der Waals surface area contributed by atoms with Crippen LogP contribution >= 0.6 is 0 Å². The molecule has 1 atom stereocenters. The number of carbonyl (C=O) groups excluding carboxylic acids is 2. The van der Waals surface area contributed by atoms with Gasteiger partial charge in [0.1, 0.15) is 5.60 Å². The maximum absolute atomic E-state index is 13.0. The molecular formula is C22H30N2O3. The second-order valence-corrected chi connectivity index (χ2v) is 8.41. The molecule has 1 unspecified atom stereocenters. The van der Waals surface area contributed by atoms with Crippen LogP contribution < -0.4 is 10.6 Å². The third-order valence-electron chi connectivity index (χ3n) is 4.71. The minimum Gasteiger partial charge on any atom is -0.444 e. The summed E-state index contributed by atoms with van der Waals surface area (Å²) >= 11 is 0. The molecule has 0 aliphatic heterocycles. The topological polar surface area (TPSA) is 67.4 Å². The Labute approximate surface area is 161 Å². The van der Waals surface area contributed by atoms with Crippen LogP contribution in [0.25, 0.3) is 10.8 Å². The zero-order chi connectivity index (χ0) is 20.2. The van der Waals surface area contributed by atoms with Crippen molar-refractivity contribution < 1.29 is 14.3 Å². The monoisotopic (exact) mass is 370 g/mol. The molecule has 2 N–H and O–H groups in total. The second-order valence-electron chi connectivity index (χ2n) is 8.41. The average molecular weight is 370 g/mol. The molecule has 2 amide bonds. The van der Waals surface area contributed by atoms with Crippen LogP contribution in [0.3, 0.4) is 0 Å². The molecule has 2 aromatic rings. The molecule has 2 rings (SSSR count). The Hall–Kier alpha value is -2.56. The normalized spacial score (nSPS) is 13.9. The quantitative estimate of drug-likeness (QED) is 0.814. The van der Waals surface area contributed by atoms with Gasteiger partial charge in [-0.05, 0) is 50.5 Å². The lowest BCUT2D eigenvalue weighted by molar-refractivity contribution is 0.0497. The van der Waals surface area contributed by atoms with E-state index in [1.54, 1.807) is 0 Å². The van der Waals surface area contributed by atoms with Gasteiger partial charge in [0.15, 0.2) is 0 Å². The molecule has 0 heterocycles. The highest BCUT2D eigenvalue weighted by molar-refractivity contribution is 6.07. The van der Waals surface area contributed by atoms with Crippen molar-refractivity contribution in [2.24, 2.45) is 5.92 Å². The lowest BCUT2D eigenvalue weighted by Crippen LogP contribution is -2.57. The molecule has 146 valence electrons. The highest BCUT2D eigenvalue weighted by atomic mass is 16.6. The van der Waals surface area contributed by atoms with Crippen molar-refractivity contribution in [2.45, 2.75) is 52.7 Å². The summed E-state index contributed by atoms with van der Waals surface area (Å²) in [6.07, 6.45) is -0.492. The number of benzene rings is 2. The number of rotatable bonds is 5. The largest absolute Gasteiger partial charge is 0.444 e. The average Bonchev–Trinajstić information content (AvgIpc) is 2.58. The summed E-state index contributed by atoms with van der Waals surface area (Å²) in [5.41, 5.74) is -0.563. The fourth-order valence-corrected chi connectivity index (χ4v) is 2.71. The Morgan fingerprint density at radius 1 is 1.00 bits per heavy atom. The minimum atomic E-state index is -0.620. The summed E-state index contributed by atoms with van der Waals surface area (Å²) < 4.78 is 5.30. The highest BCUT2D eigenvalue weighted by Gasteiger charge is 2.32. The molecule has 0 fully saturated rings. The first kappa shape index (κ1) is 20.7. The molecule has 0 saturated heterocycles. The van der Waals surface area contributed by atoms with Gasteiger partial charge in [0.05, 0.1) is 5.54 Å². The number of amides is 2. The van der Waals surface area contributed by atoms with E-state index >= 15 is 0 Å². The van der Waals surface area contributed by atoms with Gasteiger partial charge in [-0.3, -0.25) is 4.79 Å². The summed E-state index contributed by atoms with van der Waals surface area (Å²) in [6.45, 7) is 11.7. The lowest BCUT2D eigenvalue weighted by Gasteiger charge is -2.35. The van der Waals surface area contributed by atoms with Crippen LogP contribution in [0.5, 0.6) is 0 Å². The first-order valence-electron chi connectivity index (χ1n) is 9.29. The molecule has 0 aliphatic rings. The minimum absolute atomic E-state index is 0.103. The Morgan fingerprint density at radius 3 is 2.26 bits per heavy atom. The van der Waals surface area contributed by atoms with Gasteiger partial charge in [0.2, 0.25) is 0 Å². The van der Waals surface area contributed by atoms with E-state index in [9.17, 15) is 9.59 Å². The lowest BCUT2D eigenvalue weighted by atomic mass is 9.87. The number of hydrogen-bond donors (Lipinski definition) is 2. The highest BCUT2D eigenvalue weighted by Crippen LogP contribution is 2.21. The molecule has 0 spiro atoms. The van der Waals surface area contributed by atoms with Gasteiger partial charge in [-0.15, -0.1) is 0 Å². The van der Waals surface area contributed by atoms with Gasteiger partial charge < -0.3 is 15.4 Å². The van der Waals surface area contributed by atoms with E-state index in [2.05, 4.69) is 10.6 Å². The van der Waals surface area contributed by atoms with Crippen molar-refractivity contribution in [3.8, 4) is 0 Å². The maximum Gasteiger partial charge on any atom is 0.407 e. The van der Waals surface area contributed by atoms with Crippen LogP contribution in [0, 0.1) is 5.92 Å². The third-order valence-corrected chi connectivity index (χ3v) is 4.71. The van der Waals surface area contributed by atoms with E-state index in [4.69, 9.17) is 4.74 Å². The molecular weight excluding hydrogens is 340 g/mol. The van der Waals surface area contributed by atoms with E-state index in [0.717, 1.165) is 10.8 Å². The van der Waals surface area contributed by atoms with Crippen LogP contribution in [0.2, 0.25) is 0 Å². The molecule has 0 radical (unpaired) electrons. The van der Waals surface area contributed by atoms with Crippen LogP contribution in [-0.2, 0) is 4.74 Å². The smallest absolute Gasteiger partial charge is 0.407 e. The number of ether oxygens (including phenoxy) is 1. The maximum atomic E-state index is 13.0. The van der Waals surface area contributed by atoms with Gasteiger partial charge in [0.25, 0.3) is 5.91 Å². The molecule has 0 bridgehead atoms. The van der Waals surface area contributed by atoms with E-state index in [0.29, 0.717) is 5.56 Å². The van der Waals surface area contributed by atoms with Crippen LogP contribution in [-0.4, -0.2) is 29.7 Å². The molecule has 2 aromatic carbocycles. The zero-order valence-corrected chi connectivity index (χ0v) is 17.1. The van der Waals surface area contributed by atoms with Crippen molar-refractivity contribution in [3.63, 3.8) is 0 Å². The standard InChI is InChI=1S/C22H30N2O3/c1-15(2)22(6,14-23-20(26)27-21(3,4)5)24-19(25)18-13-9-11-16-10-7-8-12-17(16)18/h7-13,15H,14H2,1-6H3,(H,23,26)(H,24,25).